The summed E-state index contributed by atoms with van der Waals surface area (Å²) in [5.41, 5.74) is 8.40. The van der Waals surface area contributed by atoms with Crippen molar-refractivity contribution in [3.05, 3.63) is 24.0 Å². The first-order valence-corrected chi connectivity index (χ1v) is 3.83. The van der Waals surface area contributed by atoms with E-state index in [1.165, 1.54) is 0 Å². The number of hydrogen-bond acceptors (Lipinski definition) is 3. The Morgan fingerprint density at radius 1 is 1.54 bits per heavy atom. The minimum atomic E-state index is 0.601. The number of aromatic nitrogens is 2. The van der Waals surface area contributed by atoms with E-state index < -0.39 is 0 Å². The number of rotatable bonds is 0. The van der Waals surface area contributed by atoms with E-state index in [0.29, 0.717) is 16.8 Å². The summed E-state index contributed by atoms with van der Waals surface area (Å²) < 4.78 is 1.80. The second-order valence-corrected chi connectivity index (χ2v) is 2.87. The maximum atomic E-state index is 8.84. The molecule has 13 heavy (non-hydrogen) atoms. The number of hydrogen-bond donors (Lipinski definition) is 1. The molecule has 0 unspecified atom stereocenters. The van der Waals surface area contributed by atoms with Crippen LogP contribution in [0.4, 0.5) is 5.69 Å². The highest BCUT2D eigenvalue weighted by Crippen LogP contribution is 2.21. The van der Waals surface area contributed by atoms with Crippen LogP contribution >= 0.6 is 0 Å². The van der Waals surface area contributed by atoms with Gasteiger partial charge in [0.05, 0.1) is 23.1 Å². The summed E-state index contributed by atoms with van der Waals surface area (Å²) >= 11 is 0. The van der Waals surface area contributed by atoms with Crippen LogP contribution < -0.4 is 5.73 Å². The van der Waals surface area contributed by atoms with Gasteiger partial charge >= 0.3 is 0 Å². The summed E-state index contributed by atoms with van der Waals surface area (Å²) in [6.07, 6.45) is 1.65. The number of imidazole rings is 1. The summed E-state index contributed by atoms with van der Waals surface area (Å²) in [5.74, 6) is 0. The molecule has 0 bridgehead atoms. The van der Waals surface area contributed by atoms with Crippen LogP contribution in [-0.2, 0) is 7.05 Å². The van der Waals surface area contributed by atoms with E-state index in [4.69, 9.17) is 11.0 Å². The van der Waals surface area contributed by atoms with Gasteiger partial charge in [0.1, 0.15) is 11.6 Å². The largest absolute Gasteiger partial charge is 0.397 e. The van der Waals surface area contributed by atoms with Crippen molar-refractivity contribution in [3.63, 3.8) is 0 Å². The molecule has 0 atom stereocenters. The predicted molar refractivity (Wildman–Crippen MR) is 49.8 cm³/mol. The molecule has 2 rings (SSSR count). The van der Waals surface area contributed by atoms with E-state index in [9.17, 15) is 0 Å². The molecule has 2 N–H and O–H groups in total. The zero-order valence-corrected chi connectivity index (χ0v) is 7.15. The maximum Gasteiger partial charge on any atom is 0.113 e. The van der Waals surface area contributed by atoms with Crippen LogP contribution in [0.25, 0.3) is 11.0 Å². The molecule has 64 valence electrons. The summed E-state index contributed by atoms with van der Waals surface area (Å²) in [4.78, 5) is 4.11. The topological polar surface area (TPSA) is 67.6 Å². The zero-order valence-electron chi connectivity index (χ0n) is 7.15. The van der Waals surface area contributed by atoms with Gasteiger partial charge in [0.25, 0.3) is 0 Å². The van der Waals surface area contributed by atoms with Crippen molar-refractivity contribution in [2.24, 2.45) is 7.05 Å². The molecule has 0 aliphatic rings. The average molecular weight is 172 g/mol. The molecule has 0 aliphatic heterocycles. The summed E-state index contributed by atoms with van der Waals surface area (Å²) in [6, 6.07) is 5.52. The molecule has 0 spiro atoms. The minimum absolute atomic E-state index is 0.601. The lowest BCUT2D eigenvalue weighted by Crippen LogP contribution is -1.91. The van der Waals surface area contributed by atoms with Crippen LogP contribution in [0, 0.1) is 11.3 Å². The summed E-state index contributed by atoms with van der Waals surface area (Å²) in [6.45, 7) is 0. The van der Waals surface area contributed by atoms with E-state index in [1.807, 2.05) is 7.05 Å². The van der Waals surface area contributed by atoms with E-state index in [0.717, 1.165) is 5.52 Å². The third kappa shape index (κ3) is 0.942. The fourth-order valence-electron chi connectivity index (χ4n) is 1.38. The highest BCUT2D eigenvalue weighted by atomic mass is 15.0. The second kappa shape index (κ2) is 2.49. The first-order valence-electron chi connectivity index (χ1n) is 3.83. The van der Waals surface area contributed by atoms with Crippen LogP contribution in [0.1, 0.15) is 5.56 Å². The van der Waals surface area contributed by atoms with Crippen LogP contribution in [0.15, 0.2) is 18.5 Å². The quantitative estimate of drug-likeness (QED) is 0.603. The number of nitriles is 1. The molecule has 0 saturated heterocycles. The van der Waals surface area contributed by atoms with Gasteiger partial charge in [-0.25, -0.2) is 4.98 Å². The molecule has 1 aromatic carbocycles. The van der Waals surface area contributed by atoms with Crippen molar-refractivity contribution in [2.75, 3.05) is 5.73 Å². The molecule has 0 fully saturated rings. The Labute approximate surface area is 75.2 Å². The van der Waals surface area contributed by atoms with Crippen molar-refractivity contribution >= 4 is 16.7 Å². The normalized spacial score (nSPS) is 10.2. The predicted octanol–water partition coefficient (Wildman–Crippen LogP) is 1.03. The van der Waals surface area contributed by atoms with Crippen LogP contribution in [0.3, 0.4) is 0 Å². The molecule has 4 heteroatoms. The zero-order chi connectivity index (χ0) is 9.42. The first kappa shape index (κ1) is 7.62. The fourth-order valence-corrected chi connectivity index (χ4v) is 1.38. The van der Waals surface area contributed by atoms with Gasteiger partial charge in [0.2, 0.25) is 0 Å². The third-order valence-electron chi connectivity index (χ3n) is 2.02. The number of aryl methyl sites for hydroxylation is 1. The first-order chi connectivity index (χ1) is 6.24. The molecule has 0 radical (unpaired) electrons. The van der Waals surface area contributed by atoms with Crippen molar-refractivity contribution in [1.82, 2.24) is 9.55 Å². The number of nitrogens with zero attached hydrogens (tertiary/aromatic N) is 3. The molecular formula is C9H8N4. The number of nitrogen functional groups attached to an aromatic ring is 1. The Hall–Kier alpha value is -2.02. The number of nitrogens with two attached hydrogens (primary N) is 1. The number of anilines is 1. The van der Waals surface area contributed by atoms with Gasteiger partial charge < -0.3 is 10.3 Å². The number of fused-ring (bicyclic) bond motifs is 1. The Morgan fingerprint density at radius 2 is 2.31 bits per heavy atom. The Morgan fingerprint density at radius 3 is 3.00 bits per heavy atom. The number of benzene rings is 1. The standard InChI is InChI=1S/C9H8N4/c1-13-5-12-8-7(11)3-2-6(4-10)9(8)13/h2-3,5H,11H2,1H3. The molecule has 2 aromatic rings. The molecule has 0 saturated carbocycles. The lowest BCUT2D eigenvalue weighted by molar-refractivity contribution is 0.946. The van der Waals surface area contributed by atoms with Crippen molar-refractivity contribution < 1.29 is 0 Å². The van der Waals surface area contributed by atoms with Crippen LogP contribution in [0.2, 0.25) is 0 Å². The Kier molecular flexibility index (Phi) is 1.46. The third-order valence-corrected chi connectivity index (χ3v) is 2.02. The summed E-state index contributed by atoms with van der Waals surface area (Å²) in [5, 5.41) is 8.84. The van der Waals surface area contributed by atoms with Gasteiger partial charge in [-0.2, -0.15) is 5.26 Å². The highest BCUT2D eigenvalue weighted by molar-refractivity contribution is 5.91. The smallest absolute Gasteiger partial charge is 0.113 e. The molecule has 1 aromatic heterocycles. The second-order valence-electron chi connectivity index (χ2n) is 2.87. The van der Waals surface area contributed by atoms with Crippen molar-refractivity contribution in [2.45, 2.75) is 0 Å². The monoisotopic (exact) mass is 172 g/mol. The highest BCUT2D eigenvalue weighted by Gasteiger charge is 2.07. The van der Waals surface area contributed by atoms with Gasteiger partial charge in [0.15, 0.2) is 0 Å². The molecule has 0 amide bonds. The molecular weight excluding hydrogens is 164 g/mol. The Bertz CT molecular complexity index is 504. The van der Waals surface area contributed by atoms with Crippen molar-refractivity contribution in [1.29, 1.82) is 5.26 Å². The maximum absolute atomic E-state index is 8.84. The molecule has 0 aliphatic carbocycles. The van der Waals surface area contributed by atoms with Crippen LogP contribution in [-0.4, -0.2) is 9.55 Å². The van der Waals surface area contributed by atoms with Gasteiger partial charge in [-0.15, -0.1) is 0 Å². The lowest BCUT2D eigenvalue weighted by atomic mass is 10.2. The van der Waals surface area contributed by atoms with E-state index in [1.54, 1.807) is 23.0 Å². The average Bonchev–Trinajstić information content (AvgIpc) is 2.51. The van der Waals surface area contributed by atoms with Gasteiger partial charge in [-0.1, -0.05) is 0 Å². The minimum Gasteiger partial charge on any atom is -0.397 e. The Balaban J connectivity index is 2.99. The molecule has 4 nitrogen and oxygen atoms in total. The van der Waals surface area contributed by atoms with Gasteiger partial charge in [-0.3, -0.25) is 0 Å². The molecule has 1 heterocycles. The van der Waals surface area contributed by atoms with E-state index in [-0.39, 0.29) is 0 Å². The van der Waals surface area contributed by atoms with E-state index >= 15 is 0 Å². The fraction of sp³-hybridized carbons (Fsp3) is 0.111. The lowest BCUT2D eigenvalue weighted by Gasteiger charge is -1.98. The van der Waals surface area contributed by atoms with Gasteiger partial charge in [0, 0.05) is 7.05 Å². The summed E-state index contributed by atoms with van der Waals surface area (Å²) in [7, 11) is 1.84. The SMILES string of the molecule is Cn1cnc2c(N)ccc(C#N)c21. The van der Waals surface area contributed by atoms with E-state index in [2.05, 4.69) is 11.1 Å². The van der Waals surface area contributed by atoms with Crippen LogP contribution in [0.5, 0.6) is 0 Å². The van der Waals surface area contributed by atoms with Gasteiger partial charge in [-0.05, 0) is 12.1 Å². The van der Waals surface area contributed by atoms with Crippen molar-refractivity contribution in [3.8, 4) is 6.07 Å².